The Morgan fingerprint density at radius 2 is 2.30 bits per heavy atom. The molecule has 3 atom stereocenters. The highest BCUT2D eigenvalue weighted by Crippen LogP contribution is 2.42. The molecule has 0 radical (unpaired) electrons. The first-order chi connectivity index (χ1) is 9.50. The van der Waals surface area contributed by atoms with Gasteiger partial charge in [0.05, 0.1) is 30.3 Å². The average Bonchev–Trinajstić information content (AvgIpc) is 2.97. The minimum atomic E-state index is -0.414. The lowest BCUT2D eigenvalue weighted by molar-refractivity contribution is -0.385. The molecule has 1 aromatic rings. The Balaban J connectivity index is 1.87. The van der Waals surface area contributed by atoms with Crippen molar-refractivity contribution < 1.29 is 14.4 Å². The Hall–Kier alpha value is -1.66. The summed E-state index contributed by atoms with van der Waals surface area (Å²) in [5.41, 5.74) is 6.91. The summed E-state index contributed by atoms with van der Waals surface area (Å²) < 4.78 is 10.9. The van der Waals surface area contributed by atoms with Crippen LogP contribution in [0.25, 0.3) is 0 Å². The van der Waals surface area contributed by atoms with Crippen molar-refractivity contribution in [1.82, 2.24) is 0 Å². The number of rotatable bonds is 4. The molecule has 3 unspecified atom stereocenters. The van der Waals surface area contributed by atoms with Crippen LogP contribution in [0, 0.1) is 10.1 Å². The molecule has 2 heterocycles. The number of methoxy groups -OCH3 is 1. The number of fused-ring (bicyclic) bond motifs is 2. The van der Waals surface area contributed by atoms with Crippen LogP contribution in [0.15, 0.2) is 18.2 Å². The summed E-state index contributed by atoms with van der Waals surface area (Å²) in [5, 5.41) is 11.0. The molecule has 6 nitrogen and oxygen atoms in total. The molecule has 20 heavy (non-hydrogen) atoms. The van der Waals surface area contributed by atoms with Crippen LogP contribution in [0.4, 0.5) is 5.69 Å². The van der Waals surface area contributed by atoms with Crippen molar-refractivity contribution in [3.8, 4) is 5.75 Å². The van der Waals surface area contributed by atoms with E-state index in [2.05, 4.69) is 0 Å². The summed E-state index contributed by atoms with van der Waals surface area (Å²) >= 11 is 0. The largest absolute Gasteiger partial charge is 0.496 e. The third kappa shape index (κ3) is 2.25. The van der Waals surface area contributed by atoms with E-state index in [9.17, 15) is 10.1 Å². The van der Waals surface area contributed by atoms with Crippen molar-refractivity contribution in [2.45, 2.75) is 43.4 Å². The molecule has 3 rings (SSSR count). The number of benzene rings is 1. The van der Waals surface area contributed by atoms with E-state index in [0.29, 0.717) is 12.2 Å². The lowest BCUT2D eigenvalue weighted by atomic mass is 9.78. The molecule has 6 heteroatoms. The summed E-state index contributed by atoms with van der Waals surface area (Å²) in [6, 6.07) is 4.81. The first-order valence-electron chi connectivity index (χ1n) is 6.77. The molecule has 2 bridgehead atoms. The van der Waals surface area contributed by atoms with E-state index in [0.717, 1.165) is 24.8 Å². The second-order valence-electron chi connectivity index (χ2n) is 5.73. The summed E-state index contributed by atoms with van der Waals surface area (Å²) in [6.45, 7) is 0. The quantitative estimate of drug-likeness (QED) is 0.670. The Kier molecular flexibility index (Phi) is 3.14. The number of nitro groups is 1. The normalized spacial score (nSPS) is 31.5. The Morgan fingerprint density at radius 1 is 1.50 bits per heavy atom. The predicted molar refractivity (Wildman–Crippen MR) is 72.8 cm³/mol. The standard InChI is InChI=1S/C14H18N2O4/c1-19-12-5-9(4-10(6-12)16(17)18)7-14(15)8-11-2-3-13(14)20-11/h4-6,11,13H,2-3,7-8,15H2,1H3. The van der Waals surface area contributed by atoms with Gasteiger partial charge in [0.25, 0.3) is 5.69 Å². The molecule has 0 aromatic heterocycles. The molecule has 0 saturated carbocycles. The van der Waals surface area contributed by atoms with Crippen molar-refractivity contribution in [1.29, 1.82) is 0 Å². The van der Waals surface area contributed by atoms with E-state index in [1.54, 1.807) is 6.07 Å². The van der Waals surface area contributed by atoms with Crippen LogP contribution in [0.5, 0.6) is 5.75 Å². The van der Waals surface area contributed by atoms with Crippen molar-refractivity contribution in [3.63, 3.8) is 0 Å². The molecule has 2 fully saturated rings. The van der Waals surface area contributed by atoms with Gasteiger partial charge in [-0.15, -0.1) is 0 Å². The monoisotopic (exact) mass is 278 g/mol. The topological polar surface area (TPSA) is 87.6 Å². The van der Waals surface area contributed by atoms with Crippen LogP contribution in [0.3, 0.4) is 0 Å². The Morgan fingerprint density at radius 3 is 2.85 bits per heavy atom. The van der Waals surface area contributed by atoms with E-state index in [1.807, 2.05) is 6.07 Å². The number of ether oxygens (including phenoxy) is 2. The smallest absolute Gasteiger partial charge is 0.273 e. The molecule has 0 aliphatic carbocycles. The number of non-ortho nitro benzene ring substituents is 1. The van der Waals surface area contributed by atoms with E-state index in [-0.39, 0.29) is 17.9 Å². The van der Waals surface area contributed by atoms with Crippen LogP contribution in [0.2, 0.25) is 0 Å². The maximum Gasteiger partial charge on any atom is 0.273 e. The van der Waals surface area contributed by atoms with Crippen LogP contribution in [-0.2, 0) is 11.2 Å². The molecular weight excluding hydrogens is 260 g/mol. The highest BCUT2D eigenvalue weighted by molar-refractivity contribution is 5.43. The first-order valence-corrected chi connectivity index (χ1v) is 6.77. The molecule has 108 valence electrons. The van der Waals surface area contributed by atoms with Gasteiger partial charge in [0.15, 0.2) is 0 Å². The van der Waals surface area contributed by atoms with Gasteiger partial charge >= 0.3 is 0 Å². The van der Waals surface area contributed by atoms with Crippen molar-refractivity contribution >= 4 is 5.69 Å². The molecule has 2 N–H and O–H groups in total. The minimum Gasteiger partial charge on any atom is -0.496 e. The number of nitrogens with zero attached hydrogens (tertiary/aromatic N) is 1. The lowest BCUT2D eigenvalue weighted by Gasteiger charge is -2.31. The van der Waals surface area contributed by atoms with Gasteiger partial charge in [0.1, 0.15) is 5.75 Å². The predicted octanol–water partition coefficient (Wildman–Crippen LogP) is 1.79. The molecular formula is C14H18N2O4. The summed E-state index contributed by atoms with van der Waals surface area (Å²) in [6.07, 6.45) is 3.77. The number of hydrogen-bond donors (Lipinski definition) is 1. The second kappa shape index (κ2) is 4.71. The molecule has 0 amide bonds. The van der Waals surface area contributed by atoms with Gasteiger partial charge < -0.3 is 15.2 Å². The third-order valence-corrected chi connectivity index (χ3v) is 4.29. The highest BCUT2D eigenvalue weighted by atomic mass is 16.6. The molecule has 1 aromatic carbocycles. The van der Waals surface area contributed by atoms with E-state index in [1.165, 1.54) is 13.2 Å². The molecule has 0 spiro atoms. The summed E-state index contributed by atoms with van der Waals surface area (Å²) in [5.74, 6) is 0.488. The van der Waals surface area contributed by atoms with Crippen LogP contribution < -0.4 is 10.5 Å². The SMILES string of the molecule is COc1cc(CC2(N)CC3CCC2O3)cc([N+](=O)[O-])c1. The van der Waals surface area contributed by atoms with Gasteiger partial charge in [-0.05, 0) is 37.3 Å². The minimum absolute atomic E-state index is 0.0343. The zero-order chi connectivity index (χ0) is 14.3. The summed E-state index contributed by atoms with van der Waals surface area (Å²) in [7, 11) is 1.50. The van der Waals surface area contributed by atoms with Gasteiger partial charge in [0, 0.05) is 11.6 Å². The average molecular weight is 278 g/mol. The van der Waals surface area contributed by atoms with E-state index < -0.39 is 10.5 Å². The zero-order valence-corrected chi connectivity index (χ0v) is 11.4. The Labute approximate surface area is 117 Å². The highest BCUT2D eigenvalue weighted by Gasteiger charge is 2.49. The van der Waals surface area contributed by atoms with Gasteiger partial charge in [-0.25, -0.2) is 0 Å². The number of nitrogens with two attached hydrogens (primary N) is 1. The summed E-state index contributed by atoms with van der Waals surface area (Å²) in [4.78, 5) is 10.5. The second-order valence-corrected chi connectivity index (χ2v) is 5.73. The zero-order valence-electron chi connectivity index (χ0n) is 11.4. The van der Waals surface area contributed by atoms with Gasteiger partial charge in [-0.1, -0.05) is 0 Å². The van der Waals surface area contributed by atoms with Crippen molar-refractivity contribution in [2.75, 3.05) is 7.11 Å². The Bertz CT molecular complexity index is 548. The van der Waals surface area contributed by atoms with Crippen molar-refractivity contribution in [2.24, 2.45) is 5.73 Å². The molecule has 2 aliphatic heterocycles. The van der Waals surface area contributed by atoms with Crippen LogP contribution in [-0.4, -0.2) is 29.8 Å². The van der Waals surface area contributed by atoms with E-state index >= 15 is 0 Å². The fraction of sp³-hybridized carbons (Fsp3) is 0.571. The van der Waals surface area contributed by atoms with Gasteiger partial charge in [-0.2, -0.15) is 0 Å². The van der Waals surface area contributed by atoms with Crippen LogP contribution >= 0.6 is 0 Å². The van der Waals surface area contributed by atoms with E-state index in [4.69, 9.17) is 15.2 Å². The number of nitro benzene ring substituents is 1. The third-order valence-electron chi connectivity index (χ3n) is 4.29. The molecule has 2 saturated heterocycles. The van der Waals surface area contributed by atoms with Gasteiger partial charge in [0.2, 0.25) is 0 Å². The molecule has 2 aliphatic rings. The fourth-order valence-corrected chi connectivity index (χ4v) is 3.37. The fourth-order valence-electron chi connectivity index (χ4n) is 3.37. The lowest BCUT2D eigenvalue weighted by Crippen LogP contribution is -2.50. The first kappa shape index (κ1) is 13.3. The van der Waals surface area contributed by atoms with Crippen molar-refractivity contribution in [3.05, 3.63) is 33.9 Å². The van der Waals surface area contributed by atoms with Gasteiger partial charge in [-0.3, -0.25) is 10.1 Å². The maximum absolute atomic E-state index is 11.0. The maximum atomic E-state index is 11.0. The number of hydrogen-bond acceptors (Lipinski definition) is 5. The van der Waals surface area contributed by atoms with Crippen LogP contribution in [0.1, 0.15) is 24.8 Å².